The molecule has 3 aliphatic rings. The van der Waals surface area contributed by atoms with Crippen molar-refractivity contribution in [3.63, 3.8) is 0 Å². The minimum absolute atomic E-state index is 0. The van der Waals surface area contributed by atoms with Crippen LogP contribution in [0.2, 0.25) is 0 Å². The SMILES string of the molecule is CN=C(NCC1CCN(Cc2ccc(C)cc2)CC1)N1CCC2(CCOC2)C1.I. The number of likely N-dealkylation sites (tertiary alicyclic amines) is 2. The first kappa shape index (κ1) is 22.8. The highest BCUT2D eigenvalue weighted by Gasteiger charge is 2.42. The number of aryl methyl sites for hydroxylation is 1. The summed E-state index contributed by atoms with van der Waals surface area (Å²) in [6, 6.07) is 8.98. The molecule has 3 heterocycles. The van der Waals surface area contributed by atoms with Gasteiger partial charge in [0.1, 0.15) is 0 Å². The van der Waals surface area contributed by atoms with Gasteiger partial charge in [-0.1, -0.05) is 29.8 Å². The lowest BCUT2D eigenvalue weighted by Gasteiger charge is -2.33. The van der Waals surface area contributed by atoms with E-state index in [4.69, 9.17) is 4.74 Å². The molecule has 3 aliphatic heterocycles. The number of guanidine groups is 1. The van der Waals surface area contributed by atoms with Gasteiger partial charge >= 0.3 is 0 Å². The van der Waals surface area contributed by atoms with E-state index >= 15 is 0 Å². The Labute approximate surface area is 193 Å². The molecule has 0 aromatic heterocycles. The molecule has 6 heteroatoms. The Balaban J connectivity index is 0.00000240. The van der Waals surface area contributed by atoms with Crippen molar-refractivity contribution in [2.75, 3.05) is 53.0 Å². The van der Waals surface area contributed by atoms with Crippen molar-refractivity contribution < 1.29 is 4.74 Å². The standard InChI is InChI=1S/C23H36N4O.HI/c1-19-3-5-21(6-4-19)16-26-11-7-20(8-12-26)15-25-22(24-2)27-13-9-23(17-27)10-14-28-18-23;/h3-6,20H,7-18H2,1-2H3,(H,24,25);1H. The van der Waals surface area contributed by atoms with E-state index in [1.807, 2.05) is 7.05 Å². The average Bonchev–Trinajstić information content (AvgIpc) is 3.35. The number of nitrogens with one attached hydrogen (secondary N) is 1. The van der Waals surface area contributed by atoms with Crippen LogP contribution in [0.25, 0.3) is 0 Å². The number of rotatable bonds is 4. The average molecular weight is 512 g/mol. The molecule has 4 rings (SSSR count). The summed E-state index contributed by atoms with van der Waals surface area (Å²) in [7, 11) is 1.92. The van der Waals surface area contributed by atoms with Crippen LogP contribution in [-0.4, -0.2) is 68.7 Å². The van der Waals surface area contributed by atoms with Gasteiger partial charge < -0.3 is 15.0 Å². The Morgan fingerprint density at radius 3 is 2.59 bits per heavy atom. The summed E-state index contributed by atoms with van der Waals surface area (Å²) < 4.78 is 5.67. The Bertz CT molecular complexity index is 664. The fraction of sp³-hybridized carbons (Fsp3) is 0.696. The molecule has 29 heavy (non-hydrogen) atoms. The molecule has 0 saturated carbocycles. The summed E-state index contributed by atoms with van der Waals surface area (Å²) in [5, 5.41) is 3.67. The van der Waals surface area contributed by atoms with Crippen LogP contribution in [0.5, 0.6) is 0 Å². The van der Waals surface area contributed by atoms with Crippen LogP contribution < -0.4 is 5.32 Å². The number of ether oxygens (including phenoxy) is 1. The molecule has 0 amide bonds. The highest BCUT2D eigenvalue weighted by Crippen LogP contribution is 2.38. The molecule has 5 nitrogen and oxygen atoms in total. The van der Waals surface area contributed by atoms with Crippen LogP contribution in [-0.2, 0) is 11.3 Å². The minimum atomic E-state index is 0. The van der Waals surface area contributed by atoms with Gasteiger partial charge in [-0.25, -0.2) is 0 Å². The number of piperidine rings is 1. The lowest BCUT2D eigenvalue weighted by atomic mass is 9.87. The minimum Gasteiger partial charge on any atom is -0.381 e. The predicted octanol–water partition coefficient (Wildman–Crippen LogP) is 3.51. The van der Waals surface area contributed by atoms with Crippen molar-refractivity contribution in [1.29, 1.82) is 0 Å². The maximum absolute atomic E-state index is 5.67. The summed E-state index contributed by atoms with van der Waals surface area (Å²) >= 11 is 0. The molecule has 162 valence electrons. The fourth-order valence-corrected chi connectivity index (χ4v) is 4.96. The van der Waals surface area contributed by atoms with Crippen molar-refractivity contribution in [1.82, 2.24) is 15.1 Å². The van der Waals surface area contributed by atoms with Gasteiger partial charge in [-0.15, -0.1) is 24.0 Å². The molecule has 1 atom stereocenters. The third kappa shape index (κ3) is 5.85. The van der Waals surface area contributed by atoms with E-state index in [9.17, 15) is 0 Å². The van der Waals surface area contributed by atoms with Crippen molar-refractivity contribution in [2.24, 2.45) is 16.3 Å². The molecule has 3 saturated heterocycles. The van der Waals surface area contributed by atoms with Gasteiger partial charge in [0, 0.05) is 45.2 Å². The van der Waals surface area contributed by atoms with Crippen molar-refractivity contribution in [3.8, 4) is 0 Å². The number of aliphatic imine (C=N–C) groups is 1. The molecule has 1 aromatic rings. The zero-order valence-corrected chi connectivity index (χ0v) is 20.4. The third-order valence-corrected chi connectivity index (χ3v) is 6.92. The molecule has 1 unspecified atom stereocenters. The Hall–Kier alpha value is -0.860. The highest BCUT2D eigenvalue weighted by atomic mass is 127. The molecular weight excluding hydrogens is 475 g/mol. The van der Waals surface area contributed by atoms with E-state index in [2.05, 4.69) is 51.3 Å². The van der Waals surface area contributed by atoms with E-state index in [1.54, 1.807) is 0 Å². The second-order valence-electron chi connectivity index (χ2n) is 9.11. The van der Waals surface area contributed by atoms with Gasteiger partial charge in [0.15, 0.2) is 5.96 Å². The zero-order chi connectivity index (χ0) is 19.4. The molecule has 0 radical (unpaired) electrons. The summed E-state index contributed by atoms with van der Waals surface area (Å²) in [5.74, 6) is 1.84. The van der Waals surface area contributed by atoms with Crippen LogP contribution in [0.4, 0.5) is 0 Å². The van der Waals surface area contributed by atoms with Crippen LogP contribution >= 0.6 is 24.0 Å². The number of halogens is 1. The van der Waals surface area contributed by atoms with Crippen molar-refractivity contribution in [3.05, 3.63) is 35.4 Å². The molecule has 0 bridgehead atoms. The lowest BCUT2D eigenvalue weighted by Crippen LogP contribution is -2.44. The van der Waals surface area contributed by atoms with E-state index in [0.717, 1.165) is 51.3 Å². The predicted molar refractivity (Wildman–Crippen MR) is 130 cm³/mol. The monoisotopic (exact) mass is 512 g/mol. The van der Waals surface area contributed by atoms with Gasteiger partial charge in [0.05, 0.1) is 6.61 Å². The third-order valence-electron chi connectivity index (χ3n) is 6.92. The second kappa shape index (κ2) is 10.4. The molecule has 0 aliphatic carbocycles. The first-order valence-electron chi connectivity index (χ1n) is 11.0. The summed E-state index contributed by atoms with van der Waals surface area (Å²) in [5.41, 5.74) is 3.16. The Kier molecular flexibility index (Phi) is 8.22. The Morgan fingerprint density at radius 1 is 1.17 bits per heavy atom. The molecule has 1 N–H and O–H groups in total. The largest absolute Gasteiger partial charge is 0.381 e. The second-order valence-corrected chi connectivity index (χ2v) is 9.11. The molecule has 3 fully saturated rings. The molecular formula is C23H37IN4O. The lowest BCUT2D eigenvalue weighted by molar-refractivity contribution is 0.156. The number of nitrogens with zero attached hydrogens (tertiary/aromatic N) is 3. The van der Waals surface area contributed by atoms with Gasteiger partial charge in [0.25, 0.3) is 0 Å². The van der Waals surface area contributed by atoms with Crippen LogP contribution in [0.15, 0.2) is 29.3 Å². The normalized spacial score (nSPS) is 26.1. The number of benzene rings is 1. The first-order valence-corrected chi connectivity index (χ1v) is 11.0. The van der Waals surface area contributed by atoms with Crippen LogP contribution in [0, 0.1) is 18.3 Å². The van der Waals surface area contributed by atoms with E-state index < -0.39 is 0 Å². The summed E-state index contributed by atoms with van der Waals surface area (Å²) in [6.07, 6.45) is 4.99. The summed E-state index contributed by atoms with van der Waals surface area (Å²) in [6.45, 7) is 10.7. The van der Waals surface area contributed by atoms with Gasteiger partial charge in [-0.05, 0) is 57.2 Å². The smallest absolute Gasteiger partial charge is 0.193 e. The van der Waals surface area contributed by atoms with Gasteiger partial charge in [-0.2, -0.15) is 0 Å². The van der Waals surface area contributed by atoms with Crippen molar-refractivity contribution in [2.45, 2.75) is 39.2 Å². The number of hydrogen-bond acceptors (Lipinski definition) is 3. The molecule has 1 spiro atoms. The van der Waals surface area contributed by atoms with Gasteiger partial charge in [-0.3, -0.25) is 9.89 Å². The molecule has 1 aromatic carbocycles. The van der Waals surface area contributed by atoms with E-state index in [1.165, 1.54) is 49.9 Å². The van der Waals surface area contributed by atoms with E-state index in [0.29, 0.717) is 5.41 Å². The summed E-state index contributed by atoms with van der Waals surface area (Å²) in [4.78, 5) is 9.61. The van der Waals surface area contributed by atoms with Crippen molar-refractivity contribution >= 4 is 29.9 Å². The van der Waals surface area contributed by atoms with E-state index in [-0.39, 0.29) is 24.0 Å². The van der Waals surface area contributed by atoms with Crippen LogP contribution in [0.3, 0.4) is 0 Å². The topological polar surface area (TPSA) is 40.1 Å². The van der Waals surface area contributed by atoms with Gasteiger partial charge in [0.2, 0.25) is 0 Å². The maximum Gasteiger partial charge on any atom is 0.193 e. The fourth-order valence-electron chi connectivity index (χ4n) is 4.96. The highest BCUT2D eigenvalue weighted by molar-refractivity contribution is 14.0. The maximum atomic E-state index is 5.67. The quantitative estimate of drug-likeness (QED) is 0.381. The van der Waals surface area contributed by atoms with Crippen LogP contribution in [0.1, 0.15) is 36.8 Å². The Morgan fingerprint density at radius 2 is 1.93 bits per heavy atom. The first-order chi connectivity index (χ1) is 13.7. The zero-order valence-electron chi connectivity index (χ0n) is 18.0. The number of hydrogen-bond donors (Lipinski definition) is 1.